The van der Waals surface area contributed by atoms with Crippen molar-refractivity contribution in [2.24, 2.45) is 0 Å². The zero-order chi connectivity index (χ0) is 13.7. The Morgan fingerprint density at radius 1 is 0.800 bits per heavy atom. The largest absolute Gasteiger partial charge is 0.478 e. The molecule has 0 radical (unpaired) electrons. The highest BCUT2D eigenvalue weighted by Gasteiger charge is 1.90. The predicted octanol–water partition coefficient (Wildman–Crippen LogP) is 1.17. The minimum absolute atomic E-state index is 0. The first-order valence-electron chi connectivity index (χ1n) is 4.20. The molecular formula is C10H28ClN3O6. The Morgan fingerprint density at radius 3 is 0.900 bits per heavy atom. The van der Waals surface area contributed by atoms with Gasteiger partial charge in [0.15, 0.2) is 0 Å². The fourth-order valence-electron chi connectivity index (χ4n) is 0. The topological polar surface area (TPSA) is 220 Å². The molecule has 13 N–H and O–H groups in total. The first kappa shape index (κ1) is 42.8. The third-order valence-corrected chi connectivity index (χ3v) is 0.830. The van der Waals surface area contributed by atoms with Gasteiger partial charge in [-0.25, -0.2) is 9.59 Å². The normalized spacial score (nSPS) is 6.00. The smallest absolute Gasteiger partial charge is 0.330 e. The van der Waals surface area contributed by atoms with E-state index >= 15 is 0 Å². The Kier molecular flexibility index (Phi) is 65.3. The highest BCUT2D eigenvalue weighted by atomic mass is 35.5. The van der Waals surface area contributed by atoms with Crippen LogP contribution in [0.4, 0.5) is 0 Å². The molecule has 0 atom stereocenters. The molecule has 0 aliphatic carbocycles. The Morgan fingerprint density at radius 2 is 0.900 bits per heavy atom. The maximum Gasteiger partial charge on any atom is 0.330 e. The van der Waals surface area contributed by atoms with Crippen molar-refractivity contribution < 1.29 is 30.0 Å². The molecule has 126 valence electrons. The van der Waals surface area contributed by atoms with Gasteiger partial charge in [0.05, 0.1) is 13.2 Å². The number of hydrogen-bond donors (Lipinski definition) is 7. The third kappa shape index (κ3) is 70.4. The van der Waals surface area contributed by atoms with E-state index in [1.807, 2.05) is 0 Å². The molecule has 0 aliphatic rings. The molecule has 0 rings (SSSR count). The number of aliphatic hydroxyl groups is 2. The standard InChI is InChI=1S/2C4H6O2.C2H6O2.ClH.3H3N/c2*1-3(2)4(5)6;3-1-2-4;;;;/h2*1H2,2H3,(H,5,6);3-4H,1-2H2;1H;3*1H3. The van der Waals surface area contributed by atoms with Crippen LogP contribution in [0.5, 0.6) is 0 Å². The van der Waals surface area contributed by atoms with Gasteiger partial charge in [0.2, 0.25) is 0 Å². The predicted molar refractivity (Wildman–Crippen MR) is 81.4 cm³/mol. The van der Waals surface area contributed by atoms with Gasteiger partial charge in [0, 0.05) is 11.1 Å². The summed E-state index contributed by atoms with van der Waals surface area (Å²) in [6, 6.07) is 0. The van der Waals surface area contributed by atoms with Crippen LogP contribution in [0.15, 0.2) is 24.3 Å². The van der Waals surface area contributed by atoms with Gasteiger partial charge in [0.25, 0.3) is 0 Å². The van der Waals surface area contributed by atoms with Gasteiger partial charge in [-0.15, -0.1) is 12.4 Å². The van der Waals surface area contributed by atoms with Crippen molar-refractivity contribution in [1.29, 1.82) is 0 Å². The summed E-state index contributed by atoms with van der Waals surface area (Å²) in [6.07, 6.45) is 0. The van der Waals surface area contributed by atoms with E-state index in [0.29, 0.717) is 0 Å². The van der Waals surface area contributed by atoms with E-state index in [9.17, 15) is 9.59 Å². The van der Waals surface area contributed by atoms with Crippen LogP contribution in [-0.2, 0) is 9.59 Å². The van der Waals surface area contributed by atoms with Crippen molar-refractivity contribution in [3.05, 3.63) is 24.3 Å². The van der Waals surface area contributed by atoms with Crippen LogP contribution in [0.2, 0.25) is 0 Å². The van der Waals surface area contributed by atoms with Gasteiger partial charge >= 0.3 is 11.9 Å². The summed E-state index contributed by atoms with van der Waals surface area (Å²) in [6.45, 7) is 8.95. The van der Waals surface area contributed by atoms with Gasteiger partial charge < -0.3 is 38.9 Å². The van der Waals surface area contributed by atoms with Crippen LogP contribution < -0.4 is 18.5 Å². The average molecular weight is 322 g/mol. The van der Waals surface area contributed by atoms with E-state index in [2.05, 4.69) is 13.2 Å². The zero-order valence-electron chi connectivity index (χ0n) is 12.0. The van der Waals surface area contributed by atoms with Crippen molar-refractivity contribution >= 4 is 24.3 Å². The SMILES string of the molecule is C=C(C)C(=O)O.C=C(C)C(=O)O.Cl.N.N.N.OCCO. The molecule has 0 aromatic heterocycles. The van der Waals surface area contributed by atoms with Crippen molar-refractivity contribution in [3.63, 3.8) is 0 Å². The van der Waals surface area contributed by atoms with E-state index in [-0.39, 0.29) is 55.2 Å². The van der Waals surface area contributed by atoms with E-state index in [0.717, 1.165) is 0 Å². The fraction of sp³-hybridized carbons (Fsp3) is 0.400. The van der Waals surface area contributed by atoms with Crippen molar-refractivity contribution in [2.45, 2.75) is 13.8 Å². The second-order valence-electron chi connectivity index (χ2n) is 2.62. The second kappa shape index (κ2) is 30.5. The molecule has 0 bridgehead atoms. The van der Waals surface area contributed by atoms with Crippen molar-refractivity contribution in [1.82, 2.24) is 18.5 Å². The Labute approximate surface area is 125 Å². The molecule has 10 heteroatoms. The van der Waals surface area contributed by atoms with Crippen LogP contribution in [0.3, 0.4) is 0 Å². The number of carboxylic acid groups (broad SMARTS) is 2. The molecule has 0 fully saturated rings. The molecule has 0 aliphatic heterocycles. The number of carboxylic acids is 2. The zero-order valence-corrected chi connectivity index (χ0v) is 12.8. The summed E-state index contributed by atoms with van der Waals surface area (Å²) in [4.78, 5) is 19.2. The highest BCUT2D eigenvalue weighted by molar-refractivity contribution is 5.85. The summed E-state index contributed by atoms with van der Waals surface area (Å²) < 4.78 is 0. The van der Waals surface area contributed by atoms with Gasteiger partial charge in [-0.3, -0.25) is 0 Å². The molecular weight excluding hydrogens is 294 g/mol. The van der Waals surface area contributed by atoms with Gasteiger partial charge in [-0.2, -0.15) is 0 Å². The van der Waals surface area contributed by atoms with Gasteiger partial charge in [-0.1, -0.05) is 13.2 Å². The Hall–Kier alpha value is -1.49. The quantitative estimate of drug-likeness (QED) is 0.370. The van der Waals surface area contributed by atoms with E-state index < -0.39 is 11.9 Å². The Balaban J connectivity index is -0.0000000234. The van der Waals surface area contributed by atoms with E-state index in [4.69, 9.17) is 20.4 Å². The summed E-state index contributed by atoms with van der Waals surface area (Å²) >= 11 is 0. The van der Waals surface area contributed by atoms with Crippen LogP contribution in [0.25, 0.3) is 0 Å². The molecule has 0 spiro atoms. The summed E-state index contributed by atoms with van der Waals surface area (Å²) in [7, 11) is 0. The van der Waals surface area contributed by atoms with E-state index in [1.165, 1.54) is 13.8 Å². The second-order valence-corrected chi connectivity index (χ2v) is 2.62. The molecule has 0 unspecified atom stereocenters. The first-order chi connectivity index (χ1) is 7.20. The molecule has 20 heavy (non-hydrogen) atoms. The number of aliphatic carboxylic acids is 2. The fourth-order valence-corrected chi connectivity index (χ4v) is 0. The summed E-state index contributed by atoms with van der Waals surface area (Å²) in [5.41, 5.74) is 0.352. The molecule has 0 saturated carbocycles. The molecule has 0 aromatic rings. The number of halogens is 1. The first-order valence-corrected chi connectivity index (χ1v) is 4.20. The number of aliphatic hydroxyl groups excluding tert-OH is 2. The lowest BCUT2D eigenvalue weighted by molar-refractivity contribution is -0.133. The van der Waals surface area contributed by atoms with E-state index in [1.54, 1.807) is 0 Å². The monoisotopic (exact) mass is 321 g/mol. The van der Waals surface area contributed by atoms with Crippen LogP contribution in [0.1, 0.15) is 13.8 Å². The van der Waals surface area contributed by atoms with Crippen LogP contribution >= 0.6 is 12.4 Å². The lowest BCUT2D eigenvalue weighted by atomic mass is 10.4. The highest BCUT2D eigenvalue weighted by Crippen LogP contribution is 1.81. The van der Waals surface area contributed by atoms with Crippen LogP contribution in [-0.4, -0.2) is 45.6 Å². The third-order valence-electron chi connectivity index (χ3n) is 0.830. The van der Waals surface area contributed by atoms with Gasteiger partial charge in [0.1, 0.15) is 0 Å². The molecule has 0 amide bonds. The maximum atomic E-state index is 9.60. The maximum absolute atomic E-state index is 9.60. The van der Waals surface area contributed by atoms with Gasteiger partial charge in [-0.05, 0) is 13.8 Å². The lowest BCUT2D eigenvalue weighted by Crippen LogP contribution is -1.92. The van der Waals surface area contributed by atoms with Crippen molar-refractivity contribution in [2.75, 3.05) is 13.2 Å². The summed E-state index contributed by atoms with van der Waals surface area (Å²) in [5.74, 6) is -1.87. The molecule has 0 aromatic carbocycles. The summed E-state index contributed by atoms with van der Waals surface area (Å²) in [5, 5.41) is 31.0. The number of rotatable bonds is 3. The number of hydrogen-bond acceptors (Lipinski definition) is 7. The minimum Gasteiger partial charge on any atom is -0.478 e. The molecule has 0 heterocycles. The van der Waals surface area contributed by atoms with Crippen molar-refractivity contribution in [3.8, 4) is 0 Å². The Bertz CT molecular complexity index is 211. The average Bonchev–Trinajstić information content (AvgIpc) is 2.18. The van der Waals surface area contributed by atoms with Crippen LogP contribution in [0, 0.1) is 0 Å². The molecule has 9 nitrogen and oxygen atoms in total. The number of carbonyl (C=O) groups is 2. The molecule has 0 saturated heterocycles. The lowest BCUT2D eigenvalue weighted by Gasteiger charge is -1.79. The minimum atomic E-state index is -0.935.